The van der Waals surface area contributed by atoms with Crippen LogP contribution >= 0.6 is 0 Å². The number of halogens is 2. The molecular weight excluding hydrogens is 338 g/mol. The summed E-state index contributed by atoms with van der Waals surface area (Å²) in [4.78, 5) is 28.1. The van der Waals surface area contributed by atoms with Crippen LogP contribution in [-0.4, -0.2) is 17.5 Å². The first kappa shape index (κ1) is 17.9. The van der Waals surface area contributed by atoms with Gasteiger partial charge in [-0.15, -0.1) is 0 Å². The highest BCUT2D eigenvalue weighted by atomic mass is 19.2. The van der Waals surface area contributed by atoms with Gasteiger partial charge < -0.3 is 5.32 Å². The maximum absolute atomic E-state index is 13.3. The summed E-state index contributed by atoms with van der Waals surface area (Å²) in [6.07, 6.45) is 6.77. The molecule has 26 heavy (non-hydrogen) atoms. The summed E-state index contributed by atoms with van der Waals surface area (Å²) >= 11 is 0. The zero-order valence-corrected chi connectivity index (χ0v) is 14.6. The predicted molar refractivity (Wildman–Crippen MR) is 94.5 cm³/mol. The molecule has 0 radical (unpaired) electrons. The van der Waals surface area contributed by atoms with Crippen molar-refractivity contribution in [2.75, 3.05) is 0 Å². The van der Waals surface area contributed by atoms with Gasteiger partial charge in [0.05, 0.1) is 5.71 Å². The molecule has 134 valence electrons. The largest absolute Gasteiger partial charge is 0.325 e. The Kier molecular flexibility index (Phi) is 4.44. The molecule has 1 aliphatic carbocycles. The number of carbonyl (C=O) groups is 2. The Morgan fingerprint density at radius 1 is 1.15 bits per heavy atom. The maximum atomic E-state index is 13.3. The molecule has 1 atom stereocenters. The van der Waals surface area contributed by atoms with Crippen LogP contribution in [0.4, 0.5) is 8.78 Å². The molecule has 0 spiro atoms. The second-order valence-corrected chi connectivity index (χ2v) is 7.25. The van der Waals surface area contributed by atoms with Crippen molar-refractivity contribution in [2.24, 2.45) is 16.3 Å². The van der Waals surface area contributed by atoms with Crippen molar-refractivity contribution in [3.63, 3.8) is 0 Å². The average molecular weight is 356 g/mol. The third-order valence-electron chi connectivity index (χ3n) is 4.25. The van der Waals surface area contributed by atoms with Crippen LogP contribution in [0.3, 0.4) is 0 Å². The minimum absolute atomic E-state index is 0.0479. The molecule has 0 saturated heterocycles. The zero-order valence-electron chi connectivity index (χ0n) is 14.6. The van der Waals surface area contributed by atoms with E-state index >= 15 is 0 Å². The third kappa shape index (κ3) is 3.54. The van der Waals surface area contributed by atoms with Gasteiger partial charge in [0.1, 0.15) is 0 Å². The number of fused-ring (bicyclic) bond motifs is 1. The molecule has 2 aliphatic rings. The molecule has 2 amide bonds. The lowest BCUT2D eigenvalue weighted by atomic mass is 9.74. The lowest BCUT2D eigenvalue weighted by Gasteiger charge is -2.34. The van der Waals surface area contributed by atoms with Crippen LogP contribution < -0.4 is 5.32 Å². The van der Waals surface area contributed by atoms with E-state index in [2.05, 4.69) is 10.3 Å². The highest BCUT2D eigenvalue weighted by molar-refractivity contribution is 6.14. The minimum Gasteiger partial charge on any atom is -0.325 e. The van der Waals surface area contributed by atoms with E-state index in [9.17, 15) is 18.4 Å². The molecule has 0 aromatic heterocycles. The SMILES string of the molecule is CC(C)(C)C1=CC(=O)NC2=CC(=NC(=O)c3ccc(F)c(F)c3)C=CC21. The van der Waals surface area contributed by atoms with Crippen LogP contribution in [0.2, 0.25) is 0 Å². The van der Waals surface area contributed by atoms with E-state index in [0.717, 1.165) is 17.7 Å². The average Bonchev–Trinajstić information content (AvgIpc) is 2.55. The molecule has 1 N–H and O–H groups in total. The van der Waals surface area contributed by atoms with Crippen molar-refractivity contribution in [3.8, 4) is 0 Å². The van der Waals surface area contributed by atoms with Crippen molar-refractivity contribution in [1.82, 2.24) is 5.32 Å². The van der Waals surface area contributed by atoms with Crippen molar-refractivity contribution >= 4 is 17.5 Å². The zero-order chi connectivity index (χ0) is 19.1. The van der Waals surface area contributed by atoms with Crippen LogP contribution in [0, 0.1) is 23.0 Å². The van der Waals surface area contributed by atoms with Gasteiger partial charge in [-0.25, -0.2) is 13.8 Å². The standard InChI is InChI=1S/C20H18F2N2O2/c1-20(2,3)14-10-18(25)24-17-9-12(5-6-13(14)17)23-19(26)11-4-7-15(21)16(22)8-11/h4-10,13H,1-3H3,(H,24,25). The second-order valence-electron chi connectivity index (χ2n) is 7.25. The molecule has 1 aromatic carbocycles. The fraction of sp³-hybridized carbons (Fsp3) is 0.250. The number of allylic oxidation sites excluding steroid dienone is 3. The monoisotopic (exact) mass is 356 g/mol. The molecule has 1 aromatic rings. The van der Waals surface area contributed by atoms with Gasteiger partial charge in [-0.1, -0.05) is 26.8 Å². The Bertz CT molecular complexity index is 918. The van der Waals surface area contributed by atoms with Gasteiger partial charge in [0, 0.05) is 23.3 Å². The molecule has 1 heterocycles. The molecule has 4 nitrogen and oxygen atoms in total. The van der Waals surface area contributed by atoms with Crippen molar-refractivity contribution in [2.45, 2.75) is 20.8 Å². The Hall–Kier alpha value is -2.89. The molecule has 6 heteroatoms. The van der Waals surface area contributed by atoms with E-state index in [1.807, 2.05) is 26.8 Å². The molecule has 0 fully saturated rings. The number of hydrogen-bond donors (Lipinski definition) is 1. The lowest BCUT2D eigenvalue weighted by Crippen LogP contribution is -2.36. The van der Waals surface area contributed by atoms with Gasteiger partial charge in [0.15, 0.2) is 11.6 Å². The second kappa shape index (κ2) is 6.44. The molecule has 1 aliphatic heterocycles. The topological polar surface area (TPSA) is 58.5 Å². The highest BCUT2D eigenvalue weighted by Crippen LogP contribution is 2.38. The molecule has 3 rings (SSSR count). The lowest BCUT2D eigenvalue weighted by molar-refractivity contribution is -0.116. The summed E-state index contributed by atoms with van der Waals surface area (Å²) in [5.41, 5.74) is 1.70. The summed E-state index contributed by atoms with van der Waals surface area (Å²) in [5, 5.41) is 2.77. The Morgan fingerprint density at radius 2 is 1.88 bits per heavy atom. The van der Waals surface area contributed by atoms with Gasteiger partial charge in [-0.05, 0) is 41.3 Å². The fourth-order valence-electron chi connectivity index (χ4n) is 2.95. The number of amides is 2. The molecule has 0 bridgehead atoms. The van der Waals surface area contributed by atoms with Crippen LogP contribution in [0.25, 0.3) is 0 Å². The Labute approximate surface area is 150 Å². The predicted octanol–water partition coefficient (Wildman–Crippen LogP) is 3.72. The Morgan fingerprint density at radius 3 is 2.54 bits per heavy atom. The molecular formula is C20H18F2N2O2. The highest BCUT2D eigenvalue weighted by Gasteiger charge is 2.32. The summed E-state index contributed by atoms with van der Waals surface area (Å²) < 4.78 is 26.3. The van der Waals surface area contributed by atoms with Crippen LogP contribution in [-0.2, 0) is 4.79 Å². The number of nitrogens with zero attached hydrogens (tertiary/aromatic N) is 1. The number of nitrogens with one attached hydrogen (secondary N) is 1. The first-order valence-corrected chi connectivity index (χ1v) is 8.16. The van der Waals surface area contributed by atoms with Gasteiger partial charge in [-0.3, -0.25) is 9.59 Å². The smallest absolute Gasteiger partial charge is 0.277 e. The van der Waals surface area contributed by atoms with E-state index in [1.54, 1.807) is 18.2 Å². The number of rotatable bonds is 1. The first-order valence-electron chi connectivity index (χ1n) is 8.16. The third-order valence-corrected chi connectivity index (χ3v) is 4.25. The molecule has 0 saturated carbocycles. The minimum atomic E-state index is -1.10. The quantitative estimate of drug-likeness (QED) is 0.834. The summed E-state index contributed by atoms with van der Waals surface area (Å²) in [6.45, 7) is 6.08. The Balaban J connectivity index is 1.90. The van der Waals surface area contributed by atoms with Crippen molar-refractivity contribution < 1.29 is 18.4 Å². The van der Waals surface area contributed by atoms with E-state index < -0.39 is 17.5 Å². The van der Waals surface area contributed by atoms with E-state index in [-0.39, 0.29) is 22.8 Å². The first-order chi connectivity index (χ1) is 12.1. The van der Waals surface area contributed by atoms with E-state index in [4.69, 9.17) is 0 Å². The van der Waals surface area contributed by atoms with E-state index in [0.29, 0.717) is 11.4 Å². The van der Waals surface area contributed by atoms with Gasteiger partial charge >= 0.3 is 0 Å². The maximum Gasteiger partial charge on any atom is 0.277 e. The van der Waals surface area contributed by atoms with Crippen molar-refractivity contribution in [3.05, 3.63) is 71.0 Å². The van der Waals surface area contributed by atoms with Crippen molar-refractivity contribution in [1.29, 1.82) is 0 Å². The summed E-state index contributed by atoms with van der Waals surface area (Å²) in [6, 6.07) is 2.87. The van der Waals surface area contributed by atoms with Gasteiger partial charge in [-0.2, -0.15) is 0 Å². The van der Waals surface area contributed by atoms with E-state index in [1.165, 1.54) is 6.07 Å². The number of carbonyl (C=O) groups excluding carboxylic acids is 2. The van der Waals surface area contributed by atoms with Gasteiger partial charge in [0.2, 0.25) is 5.91 Å². The van der Waals surface area contributed by atoms with Crippen LogP contribution in [0.15, 0.2) is 58.8 Å². The number of benzene rings is 1. The number of aliphatic imine (C=N–C) groups is 1. The fourth-order valence-corrected chi connectivity index (χ4v) is 2.95. The van der Waals surface area contributed by atoms with Crippen LogP contribution in [0.5, 0.6) is 0 Å². The number of hydrogen-bond acceptors (Lipinski definition) is 2. The van der Waals surface area contributed by atoms with Crippen LogP contribution in [0.1, 0.15) is 31.1 Å². The summed E-state index contributed by atoms with van der Waals surface area (Å²) in [7, 11) is 0. The van der Waals surface area contributed by atoms with Gasteiger partial charge in [0.25, 0.3) is 5.91 Å². The normalized spacial score (nSPS) is 21.0. The molecule has 1 unspecified atom stereocenters. The summed E-state index contributed by atoms with van der Waals surface area (Å²) in [5.74, 6) is -3.13.